The van der Waals surface area contributed by atoms with E-state index >= 15 is 0 Å². The molecule has 1 aromatic carbocycles. The van der Waals surface area contributed by atoms with E-state index in [9.17, 15) is 9.59 Å². The van der Waals surface area contributed by atoms with Gasteiger partial charge < -0.3 is 11.1 Å². The van der Waals surface area contributed by atoms with Gasteiger partial charge in [0.2, 0.25) is 5.91 Å². The third-order valence-electron chi connectivity index (χ3n) is 5.19. The molecule has 0 unspecified atom stereocenters. The lowest BCUT2D eigenvalue weighted by Crippen LogP contribution is -2.39. The summed E-state index contributed by atoms with van der Waals surface area (Å²) in [4.78, 5) is 23.9. The first-order valence-corrected chi connectivity index (χ1v) is 10.3. The topological polar surface area (TPSA) is 102 Å². The van der Waals surface area contributed by atoms with E-state index in [4.69, 9.17) is 10.8 Å². The van der Waals surface area contributed by atoms with Crippen molar-refractivity contribution < 1.29 is 9.59 Å². The molecule has 1 saturated carbocycles. The number of urea groups is 1. The van der Waals surface area contributed by atoms with E-state index in [1.165, 1.54) is 6.42 Å². The van der Waals surface area contributed by atoms with Crippen molar-refractivity contribution >= 4 is 17.8 Å². The Bertz CT molecular complexity index is 876. The number of nitrogens with one attached hydrogen (secondary N) is 2. The normalized spacial score (nSPS) is 15.1. The quantitative estimate of drug-likeness (QED) is 0.717. The third-order valence-corrected chi connectivity index (χ3v) is 5.19. The molecule has 0 radical (unpaired) electrons. The van der Waals surface area contributed by atoms with Crippen molar-refractivity contribution in [2.24, 2.45) is 5.73 Å². The Kier molecular flexibility index (Phi) is 6.25. The summed E-state index contributed by atoms with van der Waals surface area (Å²) in [7, 11) is 0. The van der Waals surface area contributed by atoms with E-state index in [-0.39, 0.29) is 29.8 Å². The molecular formula is C22H31N5O2. The number of anilines is 1. The monoisotopic (exact) mass is 397 g/mol. The second-order valence-electron chi connectivity index (χ2n) is 8.82. The number of primary amides is 1. The maximum absolute atomic E-state index is 12.6. The Morgan fingerprint density at radius 1 is 1.17 bits per heavy atom. The summed E-state index contributed by atoms with van der Waals surface area (Å²) in [6, 6.07) is 9.39. The molecule has 1 aliphatic carbocycles. The van der Waals surface area contributed by atoms with Gasteiger partial charge in [-0.3, -0.25) is 10.1 Å². The highest BCUT2D eigenvalue weighted by Gasteiger charge is 2.22. The first-order chi connectivity index (χ1) is 13.7. The van der Waals surface area contributed by atoms with Gasteiger partial charge in [0.1, 0.15) is 5.82 Å². The molecule has 0 aliphatic heterocycles. The van der Waals surface area contributed by atoms with Gasteiger partial charge in [0, 0.05) is 17.5 Å². The van der Waals surface area contributed by atoms with Crippen LogP contribution in [-0.4, -0.2) is 27.8 Å². The smallest absolute Gasteiger partial charge is 0.320 e. The van der Waals surface area contributed by atoms with Crippen LogP contribution in [0.4, 0.5) is 10.6 Å². The van der Waals surface area contributed by atoms with Gasteiger partial charge in [0.25, 0.3) is 0 Å². The molecule has 0 spiro atoms. The minimum absolute atomic E-state index is 0.159. The molecule has 3 rings (SSSR count). The molecule has 1 aliphatic rings. The van der Waals surface area contributed by atoms with Crippen molar-refractivity contribution in [1.29, 1.82) is 0 Å². The summed E-state index contributed by atoms with van der Waals surface area (Å²) in [5.74, 6) is 0.211. The highest BCUT2D eigenvalue weighted by Crippen LogP contribution is 2.27. The maximum atomic E-state index is 12.6. The second-order valence-corrected chi connectivity index (χ2v) is 8.82. The number of carbonyl (C=O) groups is 2. The van der Waals surface area contributed by atoms with E-state index < -0.39 is 0 Å². The Morgan fingerprint density at radius 2 is 1.90 bits per heavy atom. The van der Waals surface area contributed by atoms with E-state index in [0.29, 0.717) is 5.82 Å². The number of benzene rings is 1. The fourth-order valence-corrected chi connectivity index (χ4v) is 3.62. The van der Waals surface area contributed by atoms with Gasteiger partial charge in [0.15, 0.2) is 0 Å². The van der Waals surface area contributed by atoms with Gasteiger partial charge in [-0.25, -0.2) is 9.48 Å². The zero-order chi connectivity index (χ0) is 21.0. The van der Waals surface area contributed by atoms with Crippen LogP contribution >= 0.6 is 0 Å². The van der Waals surface area contributed by atoms with Crippen molar-refractivity contribution in [2.45, 2.75) is 70.8 Å². The molecule has 0 bridgehead atoms. The number of nitrogens with zero attached hydrogens (tertiary/aromatic N) is 2. The molecule has 0 saturated heterocycles. The standard InChI is InChI=1S/C22H31N5O2/c1-22(2,3)18-14-20(25-21(29)24-16-9-5-4-6-10-16)27(26-18)17-11-7-8-15(12-17)13-19(23)28/h7-8,11-12,14,16H,4-6,9-10,13H2,1-3H3,(H2,23,28)(H2,24,25,29). The predicted octanol–water partition coefficient (Wildman–Crippen LogP) is 3.65. The molecule has 156 valence electrons. The number of nitrogens with two attached hydrogens (primary N) is 1. The molecule has 3 amide bonds. The first-order valence-electron chi connectivity index (χ1n) is 10.3. The Morgan fingerprint density at radius 3 is 2.55 bits per heavy atom. The first kappa shape index (κ1) is 20.9. The zero-order valence-electron chi connectivity index (χ0n) is 17.5. The van der Waals surface area contributed by atoms with Crippen LogP contribution in [0.2, 0.25) is 0 Å². The van der Waals surface area contributed by atoms with Crippen molar-refractivity contribution in [1.82, 2.24) is 15.1 Å². The van der Waals surface area contributed by atoms with Crippen LogP contribution in [0.25, 0.3) is 5.69 Å². The minimum Gasteiger partial charge on any atom is -0.369 e. The molecule has 7 nitrogen and oxygen atoms in total. The van der Waals surface area contributed by atoms with E-state index in [1.54, 1.807) is 4.68 Å². The Hall–Kier alpha value is -2.83. The minimum atomic E-state index is -0.386. The lowest BCUT2D eigenvalue weighted by atomic mass is 9.92. The van der Waals surface area contributed by atoms with Crippen molar-refractivity contribution in [3.05, 3.63) is 41.6 Å². The SMILES string of the molecule is CC(C)(C)c1cc(NC(=O)NC2CCCCC2)n(-c2cccc(CC(N)=O)c2)n1. The molecule has 7 heteroatoms. The maximum Gasteiger partial charge on any atom is 0.320 e. The van der Waals surface area contributed by atoms with Crippen molar-refractivity contribution in [3.63, 3.8) is 0 Å². The van der Waals surface area contributed by atoms with E-state index in [0.717, 1.165) is 42.6 Å². The second kappa shape index (κ2) is 8.68. The molecule has 1 heterocycles. The van der Waals surface area contributed by atoms with Crippen LogP contribution in [0.15, 0.2) is 30.3 Å². The Labute approximate surface area is 172 Å². The van der Waals surface area contributed by atoms with Gasteiger partial charge in [-0.05, 0) is 30.5 Å². The average molecular weight is 398 g/mol. The summed E-state index contributed by atoms with van der Waals surface area (Å²) in [5.41, 5.74) is 7.60. The number of amides is 3. The number of aromatic nitrogens is 2. The largest absolute Gasteiger partial charge is 0.369 e. The number of hydrogen-bond acceptors (Lipinski definition) is 3. The molecule has 1 fully saturated rings. The van der Waals surface area contributed by atoms with Gasteiger partial charge in [-0.1, -0.05) is 52.2 Å². The summed E-state index contributed by atoms with van der Waals surface area (Å²) in [6.07, 6.45) is 5.76. The molecule has 0 atom stereocenters. The fourth-order valence-electron chi connectivity index (χ4n) is 3.62. The van der Waals surface area contributed by atoms with Crippen molar-refractivity contribution in [3.8, 4) is 5.69 Å². The average Bonchev–Trinajstić information content (AvgIpc) is 3.06. The fraction of sp³-hybridized carbons (Fsp3) is 0.500. The third kappa shape index (κ3) is 5.59. The van der Waals surface area contributed by atoms with Gasteiger partial charge in [-0.2, -0.15) is 5.10 Å². The van der Waals surface area contributed by atoms with E-state index in [1.807, 2.05) is 30.3 Å². The van der Waals surface area contributed by atoms with Crippen LogP contribution in [0.1, 0.15) is 64.1 Å². The van der Waals surface area contributed by atoms with Gasteiger partial charge >= 0.3 is 6.03 Å². The molecule has 1 aromatic heterocycles. The summed E-state index contributed by atoms with van der Waals surface area (Å²) >= 11 is 0. The summed E-state index contributed by atoms with van der Waals surface area (Å²) < 4.78 is 1.71. The Balaban J connectivity index is 1.87. The summed E-state index contributed by atoms with van der Waals surface area (Å²) in [5, 5.41) is 10.8. The molecule has 4 N–H and O–H groups in total. The van der Waals surface area contributed by atoms with Crippen molar-refractivity contribution in [2.75, 3.05) is 5.32 Å². The zero-order valence-corrected chi connectivity index (χ0v) is 17.5. The van der Waals surface area contributed by atoms with Crippen LogP contribution < -0.4 is 16.4 Å². The van der Waals surface area contributed by atoms with Crippen LogP contribution in [-0.2, 0) is 16.6 Å². The highest BCUT2D eigenvalue weighted by atomic mass is 16.2. The van der Waals surface area contributed by atoms with Gasteiger partial charge in [0.05, 0.1) is 17.8 Å². The van der Waals surface area contributed by atoms with Crippen LogP contribution in [0, 0.1) is 0 Å². The lowest BCUT2D eigenvalue weighted by molar-refractivity contribution is -0.117. The molecular weight excluding hydrogens is 366 g/mol. The van der Waals surface area contributed by atoms with Gasteiger partial charge in [-0.15, -0.1) is 0 Å². The molecule has 2 aromatic rings. The predicted molar refractivity (Wildman–Crippen MR) is 114 cm³/mol. The lowest BCUT2D eigenvalue weighted by Gasteiger charge is -2.22. The summed E-state index contributed by atoms with van der Waals surface area (Å²) in [6.45, 7) is 6.24. The van der Waals surface area contributed by atoms with E-state index in [2.05, 4.69) is 31.4 Å². The number of hydrogen-bond donors (Lipinski definition) is 3. The van der Waals surface area contributed by atoms with Crippen LogP contribution in [0.3, 0.4) is 0 Å². The van der Waals surface area contributed by atoms with Crippen LogP contribution in [0.5, 0.6) is 0 Å². The molecule has 29 heavy (non-hydrogen) atoms. The highest BCUT2D eigenvalue weighted by molar-refractivity contribution is 5.89. The number of rotatable bonds is 5. The number of carbonyl (C=O) groups excluding carboxylic acids is 2.